The Morgan fingerprint density at radius 1 is 1.39 bits per heavy atom. The fourth-order valence-electron chi connectivity index (χ4n) is 3.44. The third-order valence-corrected chi connectivity index (χ3v) is 4.83. The van der Waals surface area contributed by atoms with Crippen LogP contribution < -0.4 is 4.90 Å². The summed E-state index contributed by atoms with van der Waals surface area (Å²) in [6, 6.07) is 6.10. The number of fused-ring (bicyclic) bond motifs is 1. The normalized spacial score (nSPS) is 21.4. The molecule has 1 atom stereocenters. The van der Waals surface area contributed by atoms with Gasteiger partial charge in [-0.3, -0.25) is 9.69 Å². The van der Waals surface area contributed by atoms with Crippen LogP contribution in [-0.2, 0) is 4.79 Å². The first-order valence-electron chi connectivity index (χ1n) is 8.26. The summed E-state index contributed by atoms with van der Waals surface area (Å²) in [6.45, 7) is 4.18. The largest absolute Gasteiger partial charge is 0.350 e. The molecule has 2 aliphatic heterocycles. The van der Waals surface area contributed by atoms with Gasteiger partial charge in [-0.15, -0.1) is 0 Å². The van der Waals surface area contributed by atoms with Crippen LogP contribution in [0.15, 0.2) is 18.3 Å². The molecule has 1 amide bonds. The van der Waals surface area contributed by atoms with Crippen LogP contribution in [0.4, 0.5) is 5.82 Å². The summed E-state index contributed by atoms with van der Waals surface area (Å²) in [5.74, 6) is 0.873. The van der Waals surface area contributed by atoms with Crippen LogP contribution in [0.25, 0.3) is 0 Å². The molecule has 6 heteroatoms. The minimum atomic E-state index is 0.156. The van der Waals surface area contributed by atoms with Gasteiger partial charge in [0.2, 0.25) is 5.91 Å². The number of nitrogens with zero attached hydrogens (tertiary/aromatic N) is 5. The molecule has 0 radical (unpaired) electrons. The molecule has 3 rings (SSSR count). The lowest BCUT2D eigenvalue weighted by atomic mass is 9.99. The van der Waals surface area contributed by atoms with Crippen LogP contribution in [0, 0.1) is 11.3 Å². The van der Waals surface area contributed by atoms with Crippen molar-refractivity contribution < 1.29 is 4.79 Å². The maximum Gasteiger partial charge on any atom is 0.242 e. The third-order valence-electron chi connectivity index (χ3n) is 4.83. The Morgan fingerprint density at radius 3 is 3.00 bits per heavy atom. The van der Waals surface area contributed by atoms with Crippen molar-refractivity contribution in [3.63, 3.8) is 0 Å². The van der Waals surface area contributed by atoms with Crippen molar-refractivity contribution in [2.45, 2.75) is 25.3 Å². The first kappa shape index (κ1) is 15.8. The van der Waals surface area contributed by atoms with E-state index in [1.165, 1.54) is 32.0 Å². The maximum absolute atomic E-state index is 12.6. The standard InChI is InChI=1S/C17H23N5O/c1-20(16-6-5-14(10-18)11-19-16)13-17(23)22-9-8-21-7-3-2-4-15(21)12-22/h5-6,11,15H,2-4,7-9,12-13H2,1H3/t15-/m0/s1. The van der Waals surface area contributed by atoms with Gasteiger partial charge in [0.15, 0.2) is 0 Å². The highest BCUT2D eigenvalue weighted by atomic mass is 16.2. The molecule has 2 fully saturated rings. The van der Waals surface area contributed by atoms with Gasteiger partial charge in [-0.25, -0.2) is 4.98 Å². The fraction of sp³-hybridized carbons (Fsp3) is 0.588. The Hall–Kier alpha value is -2.13. The highest BCUT2D eigenvalue weighted by Gasteiger charge is 2.31. The van der Waals surface area contributed by atoms with Gasteiger partial charge in [0.05, 0.1) is 12.1 Å². The molecular formula is C17H23N5O. The quantitative estimate of drug-likeness (QED) is 0.836. The van der Waals surface area contributed by atoms with E-state index in [1.54, 1.807) is 12.1 Å². The summed E-state index contributed by atoms with van der Waals surface area (Å²) in [4.78, 5) is 23.2. The summed E-state index contributed by atoms with van der Waals surface area (Å²) >= 11 is 0. The Balaban J connectivity index is 1.56. The lowest BCUT2D eigenvalue weighted by molar-refractivity contribution is -0.133. The van der Waals surface area contributed by atoms with Gasteiger partial charge in [0.25, 0.3) is 0 Å². The number of carbonyl (C=O) groups is 1. The summed E-state index contributed by atoms with van der Waals surface area (Å²) in [7, 11) is 1.86. The van der Waals surface area contributed by atoms with E-state index >= 15 is 0 Å². The van der Waals surface area contributed by atoms with Crippen molar-refractivity contribution in [2.24, 2.45) is 0 Å². The molecule has 0 spiro atoms. The number of likely N-dealkylation sites (N-methyl/N-ethyl adjacent to an activating group) is 1. The van der Waals surface area contributed by atoms with Gasteiger partial charge in [-0.2, -0.15) is 5.26 Å². The highest BCUT2D eigenvalue weighted by Crippen LogP contribution is 2.21. The number of hydrogen-bond acceptors (Lipinski definition) is 5. The number of hydrogen-bond donors (Lipinski definition) is 0. The van der Waals surface area contributed by atoms with E-state index in [0.29, 0.717) is 24.0 Å². The second kappa shape index (κ2) is 6.97. The summed E-state index contributed by atoms with van der Waals surface area (Å²) in [5.41, 5.74) is 0.530. The van der Waals surface area contributed by atoms with Gasteiger partial charge in [0, 0.05) is 38.9 Å². The van der Waals surface area contributed by atoms with E-state index in [2.05, 4.69) is 16.0 Å². The first-order valence-corrected chi connectivity index (χ1v) is 8.26. The van der Waals surface area contributed by atoms with Crippen LogP contribution in [0.1, 0.15) is 24.8 Å². The van der Waals surface area contributed by atoms with Gasteiger partial charge in [-0.05, 0) is 31.5 Å². The van der Waals surface area contributed by atoms with E-state index in [0.717, 1.165) is 19.6 Å². The summed E-state index contributed by atoms with van der Waals surface area (Å²) < 4.78 is 0. The van der Waals surface area contributed by atoms with Gasteiger partial charge < -0.3 is 9.80 Å². The molecule has 1 aromatic heterocycles. The Kier molecular flexibility index (Phi) is 4.77. The molecule has 2 aliphatic rings. The van der Waals surface area contributed by atoms with Crippen LogP contribution >= 0.6 is 0 Å². The zero-order chi connectivity index (χ0) is 16.2. The second-order valence-electron chi connectivity index (χ2n) is 6.40. The molecule has 3 heterocycles. The van der Waals surface area contributed by atoms with Crippen LogP contribution in [0.5, 0.6) is 0 Å². The summed E-state index contributed by atoms with van der Waals surface area (Å²) in [6.07, 6.45) is 5.31. The van der Waals surface area contributed by atoms with Crippen molar-refractivity contribution in [3.8, 4) is 6.07 Å². The predicted octanol–water partition coefficient (Wildman–Crippen LogP) is 1.09. The molecule has 6 nitrogen and oxygen atoms in total. The first-order chi connectivity index (χ1) is 11.2. The molecule has 1 aromatic rings. The second-order valence-corrected chi connectivity index (χ2v) is 6.40. The Morgan fingerprint density at radius 2 is 2.26 bits per heavy atom. The molecule has 23 heavy (non-hydrogen) atoms. The Bertz CT molecular complexity index is 594. The molecule has 2 saturated heterocycles. The van der Waals surface area contributed by atoms with Crippen molar-refractivity contribution in [1.29, 1.82) is 5.26 Å². The number of carbonyl (C=O) groups excluding carboxylic acids is 1. The number of piperidine rings is 1. The SMILES string of the molecule is CN(CC(=O)N1CCN2CCCC[C@H]2C1)c1ccc(C#N)cn1. The van der Waals surface area contributed by atoms with Crippen molar-refractivity contribution in [1.82, 2.24) is 14.8 Å². The predicted molar refractivity (Wildman–Crippen MR) is 88.0 cm³/mol. The third kappa shape index (κ3) is 3.62. The number of amides is 1. The number of aromatic nitrogens is 1. The van der Waals surface area contributed by atoms with E-state index in [-0.39, 0.29) is 5.91 Å². The van der Waals surface area contributed by atoms with Crippen molar-refractivity contribution in [2.75, 3.05) is 44.7 Å². The van der Waals surface area contributed by atoms with E-state index in [1.807, 2.05) is 16.8 Å². The molecule has 0 unspecified atom stereocenters. The topological polar surface area (TPSA) is 63.5 Å². The fourth-order valence-corrected chi connectivity index (χ4v) is 3.44. The molecule has 0 aromatic carbocycles. The van der Waals surface area contributed by atoms with Crippen LogP contribution in [-0.4, -0.2) is 66.5 Å². The van der Waals surface area contributed by atoms with Gasteiger partial charge in [0.1, 0.15) is 11.9 Å². The van der Waals surface area contributed by atoms with Crippen LogP contribution in [0.3, 0.4) is 0 Å². The van der Waals surface area contributed by atoms with Gasteiger partial charge >= 0.3 is 0 Å². The number of piperazine rings is 1. The van der Waals surface area contributed by atoms with Crippen LogP contribution in [0.2, 0.25) is 0 Å². The molecular weight excluding hydrogens is 290 g/mol. The zero-order valence-corrected chi connectivity index (χ0v) is 13.6. The van der Waals surface area contributed by atoms with E-state index < -0.39 is 0 Å². The molecule has 0 bridgehead atoms. The van der Waals surface area contributed by atoms with Crippen molar-refractivity contribution >= 4 is 11.7 Å². The molecule has 122 valence electrons. The smallest absolute Gasteiger partial charge is 0.242 e. The Labute approximate surface area is 137 Å². The summed E-state index contributed by atoms with van der Waals surface area (Å²) in [5, 5.41) is 8.81. The molecule has 0 saturated carbocycles. The van der Waals surface area contributed by atoms with E-state index in [9.17, 15) is 4.79 Å². The highest BCUT2D eigenvalue weighted by molar-refractivity contribution is 5.81. The molecule has 0 N–H and O–H groups in total. The maximum atomic E-state index is 12.6. The number of nitriles is 1. The number of anilines is 1. The monoisotopic (exact) mass is 313 g/mol. The zero-order valence-electron chi connectivity index (χ0n) is 13.6. The average Bonchev–Trinajstić information content (AvgIpc) is 2.61. The minimum Gasteiger partial charge on any atom is -0.350 e. The minimum absolute atomic E-state index is 0.156. The van der Waals surface area contributed by atoms with E-state index in [4.69, 9.17) is 5.26 Å². The number of pyridine rings is 1. The molecule has 0 aliphatic carbocycles. The lowest BCUT2D eigenvalue weighted by Crippen LogP contribution is -2.57. The average molecular weight is 313 g/mol. The van der Waals surface area contributed by atoms with Crippen molar-refractivity contribution in [3.05, 3.63) is 23.9 Å². The van der Waals surface area contributed by atoms with Gasteiger partial charge in [-0.1, -0.05) is 6.42 Å². The lowest BCUT2D eigenvalue weighted by Gasteiger charge is -2.44. The number of rotatable bonds is 3.